The minimum absolute atomic E-state index is 0.385. The van der Waals surface area contributed by atoms with Gasteiger partial charge in [-0.1, -0.05) is 63.9 Å². The lowest BCUT2D eigenvalue weighted by atomic mass is 9.98. The van der Waals surface area contributed by atoms with E-state index in [4.69, 9.17) is 5.73 Å². The van der Waals surface area contributed by atoms with E-state index in [9.17, 15) is 0 Å². The SMILES string of the molecule is C=C(N)CC(C)CCNC(=C)CNC(=C)C(C)Cc1ccccc1. The highest BCUT2D eigenvalue weighted by molar-refractivity contribution is 5.17. The van der Waals surface area contributed by atoms with E-state index >= 15 is 0 Å². The summed E-state index contributed by atoms with van der Waals surface area (Å²) in [5.74, 6) is 0.924. The summed E-state index contributed by atoms with van der Waals surface area (Å²) in [5.41, 5.74) is 9.77. The lowest BCUT2D eigenvalue weighted by Crippen LogP contribution is -2.27. The molecular formula is C21H33N3. The third kappa shape index (κ3) is 8.47. The Kier molecular flexibility index (Phi) is 8.77. The first-order valence-electron chi connectivity index (χ1n) is 8.70. The van der Waals surface area contributed by atoms with Crippen LogP contribution in [-0.4, -0.2) is 13.1 Å². The number of allylic oxidation sites excluding steroid dienone is 2. The molecule has 0 aromatic heterocycles. The van der Waals surface area contributed by atoms with Gasteiger partial charge in [-0.3, -0.25) is 0 Å². The van der Waals surface area contributed by atoms with Crippen LogP contribution in [0.4, 0.5) is 0 Å². The van der Waals surface area contributed by atoms with Crippen LogP contribution in [0.2, 0.25) is 0 Å². The summed E-state index contributed by atoms with van der Waals surface area (Å²) in [5, 5.41) is 6.74. The zero-order valence-electron chi connectivity index (χ0n) is 15.3. The Hall–Kier alpha value is -2.16. The largest absolute Gasteiger partial charge is 0.403 e. The molecule has 2 atom stereocenters. The van der Waals surface area contributed by atoms with Crippen LogP contribution >= 0.6 is 0 Å². The molecule has 132 valence electrons. The van der Waals surface area contributed by atoms with Gasteiger partial charge in [0.1, 0.15) is 0 Å². The third-order valence-corrected chi connectivity index (χ3v) is 4.13. The van der Waals surface area contributed by atoms with E-state index in [0.717, 1.165) is 42.9 Å². The molecule has 3 nitrogen and oxygen atoms in total. The Morgan fingerprint density at radius 3 is 2.38 bits per heavy atom. The molecule has 2 unspecified atom stereocenters. The topological polar surface area (TPSA) is 50.1 Å². The smallest absolute Gasteiger partial charge is 0.0538 e. The van der Waals surface area contributed by atoms with Crippen molar-refractivity contribution in [2.75, 3.05) is 13.1 Å². The van der Waals surface area contributed by atoms with Gasteiger partial charge in [0.25, 0.3) is 0 Å². The van der Waals surface area contributed by atoms with Crippen molar-refractivity contribution >= 4 is 0 Å². The second kappa shape index (κ2) is 10.6. The first-order valence-corrected chi connectivity index (χ1v) is 8.70. The monoisotopic (exact) mass is 327 g/mol. The average molecular weight is 328 g/mol. The van der Waals surface area contributed by atoms with Crippen molar-refractivity contribution in [2.45, 2.75) is 33.1 Å². The van der Waals surface area contributed by atoms with Crippen LogP contribution in [0.3, 0.4) is 0 Å². The van der Waals surface area contributed by atoms with Gasteiger partial charge in [0, 0.05) is 23.6 Å². The summed E-state index contributed by atoms with van der Waals surface area (Å²) in [6.07, 6.45) is 2.92. The number of benzene rings is 1. The highest BCUT2D eigenvalue weighted by Crippen LogP contribution is 2.13. The molecule has 24 heavy (non-hydrogen) atoms. The first-order chi connectivity index (χ1) is 11.4. The maximum atomic E-state index is 5.64. The van der Waals surface area contributed by atoms with Gasteiger partial charge < -0.3 is 16.4 Å². The molecule has 0 aliphatic heterocycles. The van der Waals surface area contributed by atoms with Crippen LogP contribution in [0, 0.1) is 11.8 Å². The molecular weight excluding hydrogens is 294 g/mol. The van der Waals surface area contributed by atoms with E-state index in [0.29, 0.717) is 18.4 Å². The van der Waals surface area contributed by atoms with Gasteiger partial charge >= 0.3 is 0 Å². The molecule has 1 aromatic rings. The molecule has 0 saturated carbocycles. The maximum absolute atomic E-state index is 5.64. The average Bonchev–Trinajstić information content (AvgIpc) is 2.52. The van der Waals surface area contributed by atoms with Crippen LogP contribution in [0.25, 0.3) is 0 Å². The normalized spacial score (nSPS) is 12.9. The van der Waals surface area contributed by atoms with E-state index in [1.54, 1.807) is 0 Å². The first kappa shape index (κ1) is 19.9. The van der Waals surface area contributed by atoms with Gasteiger partial charge in [-0.05, 0) is 36.7 Å². The van der Waals surface area contributed by atoms with Crippen molar-refractivity contribution in [2.24, 2.45) is 17.6 Å². The molecule has 0 aliphatic rings. The Labute approximate surface area is 147 Å². The van der Waals surface area contributed by atoms with Crippen molar-refractivity contribution in [3.05, 3.63) is 72.7 Å². The quantitative estimate of drug-likeness (QED) is 0.544. The Bertz CT molecular complexity index is 533. The predicted molar refractivity (Wildman–Crippen MR) is 105 cm³/mol. The molecule has 3 heteroatoms. The second-order valence-electron chi connectivity index (χ2n) is 6.76. The molecule has 1 aromatic carbocycles. The number of hydrogen-bond acceptors (Lipinski definition) is 3. The fourth-order valence-corrected chi connectivity index (χ4v) is 2.59. The summed E-state index contributed by atoms with van der Waals surface area (Å²) in [4.78, 5) is 0. The molecule has 1 rings (SSSR count). The van der Waals surface area contributed by atoms with Gasteiger partial charge in [-0.15, -0.1) is 0 Å². The number of nitrogens with one attached hydrogen (secondary N) is 2. The minimum atomic E-state index is 0.385. The molecule has 0 aliphatic carbocycles. The number of nitrogens with two attached hydrogens (primary N) is 1. The molecule has 0 saturated heterocycles. The number of rotatable bonds is 12. The Balaban J connectivity index is 2.21. The van der Waals surface area contributed by atoms with E-state index in [-0.39, 0.29) is 0 Å². The van der Waals surface area contributed by atoms with E-state index in [1.165, 1.54) is 5.56 Å². The zero-order chi connectivity index (χ0) is 17.9. The van der Waals surface area contributed by atoms with Crippen molar-refractivity contribution in [1.82, 2.24) is 10.6 Å². The lowest BCUT2D eigenvalue weighted by Gasteiger charge is -2.19. The summed E-state index contributed by atoms with van der Waals surface area (Å²) in [7, 11) is 0. The maximum Gasteiger partial charge on any atom is 0.0538 e. The predicted octanol–water partition coefficient (Wildman–Crippen LogP) is 3.96. The van der Waals surface area contributed by atoms with E-state index in [2.05, 4.69) is 68.5 Å². The van der Waals surface area contributed by atoms with Gasteiger partial charge in [0.05, 0.1) is 6.54 Å². The second-order valence-corrected chi connectivity index (χ2v) is 6.76. The molecule has 0 fully saturated rings. The summed E-state index contributed by atoms with van der Waals surface area (Å²) in [6, 6.07) is 10.5. The van der Waals surface area contributed by atoms with Crippen molar-refractivity contribution in [3.8, 4) is 0 Å². The van der Waals surface area contributed by atoms with Crippen molar-refractivity contribution in [1.29, 1.82) is 0 Å². The molecule has 4 N–H and O–H groups in total. The van der Waals surface area contributed by atoms with Crippen molar-refractivity contribution < 1.29 is 0 Å². The molecule has 0 bridgehead atoms. The van der Waals surface area contributed by atoms with Gasteiger partial charge in [0.15, 0.2) is 0 Å². The summed E-state index contributed by atoms with van der Waals surface area (Å²) in [6.45, 7) is 18.0. The zero-order valence-corrected chi connectivity index (χ0v) is 15.3. The van der Waals surface area contributed by atoms with E-state index in [1.807, 2.05) is 6.07 Å². The van der Waals surface area contributed by atoms with Gasteiger partial charge in [-0.25, -0.2) is 0 Å². The molecule has 0 amide bonds. The lowest BCUT2D eigenvalue weighted by molar-refractivity contribution is 0.509. The van der Waals surface area contributed by atoms with Crippen LogP contribution in [0.1, 0.15) is 32.3 Å². The van der Waals surface area contributed by atoms with E-state index < -0.39 is 0 Å². The molecule has 0 spiro atoms. The highest BCUT2D eigenvalue weighted by atomic mass is 15.0. The summed E-state index contributed by atoms with van der Waals surface area (Å²) >= 11 is 0. The third-order valence-electron chi connectivity index (χ3n) is 4.13. The fraction of sp³-hybridized carbons (Fsp3) is 0.429. The molecule has 0 radical (unpaired) electrons. The molecule has 0 heterocycles. The Morgan fingerprint density at radius 1 is 1.08 bits per heavy atom. The van der Waals surface area contributed by atoms with Gasteiger partial charge in [-0.2, -0.15) is 0 Å². The van der Waals surface area contributed by atoms with Crippen molar-refractivity contribution in [3.63, 3.8) is 0 Å². The highest BCUT2D eigenvalue weighted by Gasteiger charge is 2.08. The fourth-order valence-electron chi connectivity index (χ4n) is 2.59. The standard InChI is InChI=1S/C21H33N3/c1-16(13-18(3)22)11-12-23-19(4)15-24-20(5)17(2)14-21-9-7-6-8-10-21/h6-10,16-17,23-24H,3-5,11-15,22H2,1-2H3. The van der Waals surface area contributed by atoms with Crippen LogP contribution in [0.15, 0.2) is 67.2 Å². The Morgan fingerprint density at radius 2 is 1.75 bits per heavy atom. The minimum Gasteiger partial charge on any atom is -0.403 e. The van der Waals surface area contributed by atoms with Crippen LogP contribution < -0.4 is 16.4 Å². The van der Waals surface area contributed by atoms with Crippen LogP contribution in [-0.2, 0) is 6.42 Å². The summed E-state index contributed by atoms with van der Waals surface area (Å²) < 4.78 is 0. The number of hydrogen-bond donors (Lipinski definition) is 3. The van der Waals surface area contributed by atoms with Crippen LogP contribution in [0.5, 0.6) is 0 Å². The van der Waals surface area contributed by atoms with Gasteiger partial charge in [0.2, 0.25) is 0 Å².